The lowest BCUT2D eigenvalue weighted by atomic mass is 10.1. The summed E-state index contributed by atoms with van der Waals surface area (Å²) in [6.07, 6.45) is 0.259. The van der Waals surface area contributed by atoms with Gasteiger partial charge in [-0.3, -0.25) is 4.79 Å². The Labute approximate surface area is 87.9 Å². The van der Waals surface area contributed by atoms with Crippen molar-refractivity contribution in [2.75, 3.05) is 6.61 Å². The van der Waals surface area contributed by atoms with E-state index in [0.717, 1.165) is 10.4 Å². The van der Waals surface area contributed by atoms with E-state index in [1.807, 2.05) is 18.4 Å². The third-order valence-corrected chi connectivity index (χ3v) is 3.08. The molecule has 0 aliphatic carbocycles. The summed E-state index contributed by atoms with van der Waals surface area (Å²) in [6.45, 7) is 4.20. The van der Waals surface area contributed by atoms with Gasteiger partial charge < -0.3 is 10.5 Å². The van der Waals surface area contributed by atoms with Crippen LogP contribution < -0.4 is 5.73 Å². The SMILES string of the molecule is CCOC(=O)C[C@H](N)c1sccc1C. The molecule has 4 heteroatoms. The van der Waals surface area contributed by atoms with Crippen molar-refractivity contribution < 1.29 is 9.53 Å². The Morgan fingerprint density at radius 1 is 1.71 bits per heavy atom. The lowest BCUT2D eigenvalue weighted by Gasteiger charge is -2.09. The van der Waals surface area contributed by atoms with Crippen molar-refractivity contribution in [2.24, 2.45) is 5.73 Å². The first-order chi connectivity index (χ1) is 6.65. The fraction of sp³-hybridized carbons (Fsp3) is 0.500. The summed E-state index contributed by atoms with van der Waals surface area (Å²) < 4.78 is 4.84. The number of hydrogen-bond acceptors (Lipinski definition) is 4. The molecule has 0 unspecified atom stereocenters. The monoisotopic (exact) mass is 213 g/mol. The summed E-state index contributed by atoms with van der Waals surface area (Å²) >= 11 is 1.58. The Morgan fingerprint density at radius 3 is 2.93 bits per heavy atom. The van der Waals surface area contributed by atoms with Gasteiger partial charge in [0.1, 0.15) is 0 Å². The number of nitrogens with two attached hydrogens (primary N) is 1. The third kappa shape index (κ3) is 2.82. The fourth-order valence-corrected chi connectivity index (χ4v) is 2.19. The quantitative estimate of drug-likeness (QED) is 0.778. The van der Waals surface area contributed by atoms with Gasteiger partial charge in [0.2, 0.25) is 0 Å². The average Bonchev–Trinajstić information content (AvgIpc) is 2.51. The zero-order chi connectivity index (χ0) is 10.6. The molecule has 14 heavy (non-hydrogen) atoms. The second kappa shape index (κ2) is 5.12. The minimum absolute atomic E-state index is 0.228. The molecule has 0 aliphatic heterocycles. The lowest BCUT2D eigenvalue weighted by Crippen LogP contribution is -2.16. The van der Waals surface area contributed by atoms with Gasteiger partial charge in [0, 0.05) is 10.9 Å². The molecule has 1 aromatic rings. The Hall–Kier alpha value is -0.870. The van der Waals surface area contributed by atoms with E-state index in [9.17, 15) is 4.79 Å². The first kappa shape index (κ1) is 11.2. The number of thiophene rings is 1. The molecular weight excluding hydrogens is 198 g/mol. The molecule has 78 valence electrons. The maximum Gasteiger partial charge on any atom is 0.307 e. The van der Waals surface area contributed by atoms with E-state index in [-0.39, 0.29) is 18.4 Å². The van der Waals surface area contributed by atoms with Gasteiger partial charge in [-0.15, -0.1) is 11.3 Å². The molecule has 1 aromatic heterocycles. The summed E-state index contributed by atoms with van der Waals surface area (Å²) in [5.74, 6) is -0.229. The number of aryl methyl sites for hydroxylation is 1. The number of carbonyl (C=O) groups is 1. The molecule has 2 N–H and O–H groups in total. The maximum atomic E-state index is 11.2. The highest BCUT2D eigenvalue weighted by Crippen LogP contribution is 2.24. The summed E-state index contributed by atoms with van der Waals surface area (Å²) in [5, 5.41) is 1.98. The van der Waals surface area contributed by atoms with Crippen LogP contribution in [0.4, 0.5) is 0 Å². The topological polar surface area (TPSA) is 52.3 Å². The zero-order valence-electron chi connectivity index (χ0n) is 8.45. The van der Waals surface area contributed by atoms with E-state index in [1.54, 1.807) is 18.3 Å². The van der Waals surface area contributed by atoms with Crippen molar-refractivity contribution in [3.05, 3.63) is 21.9 Å². The Kier molecular flexibility index (Phi) is 4.10. The molecule has 0 amide bonds. The van der Waals surface area contributed by atoms with E-state index < -0.39 is 0 Å². The number of rotatable bonds is 4. The molecule has 0 saturated heterocycles. The molecule has 0 aromatic carbocycles. The summed E-state index contributed by atoms with van der Waals surface area (Å²) in [6, 6.07) is 1.78. The number of carbonyl (C=O) groups excluding carboxylic acids is 1. The molecule has 0 fully saturated rings. The summed E-state index contributed by atoms with van der Waals surface area (Å²) in [4.78, 5) is 12.2. The van der Waals surface area contributed by atoms with Gasteiger partial charge in [-0.1, -0.05) is 0 Å². The van der Waals surface area contributed by atoms with Crippen molar-refractivity contribution in [1.82, 2.24) is 0 Å². The predicted octanol–water partition coefficient (Wildman–Crippen LogP) is 2.01. The van der Waals surface area contributed by atoms with Crippen LogP contribution in [-0.2, 0) is 9.53 Å². The van der Waals surface area contributed by atoms with E-state index in [4.69, 9.17) is 10.5 Å². The fourth-order valence-electron chi connectivity index (χ4n) is 1.26. The molecule has 0 bridgehead atoms. The molecule has 0 spiro atoms. The molecule has 3 nitrogen and oxygen atoms in total. The van der Waals surface area contributed by atoms with Gasteiger partial charge in [0.25, 0.3) is 0 Å². The molecular formula is C10H15NO2S. The van der Waals surface area contributed by atoms with Crippen LogP contribution in [0, 0.1) is 6.92 Å². The van der Waals surface area contributed by atoms with E-state index in [0.29, 0.717) is 6.61 Å². The standard InChI is InChI=1S/C10H15NO2S/c1-3-13-9(12)6-8(11)10-7(2)4-5-14-10/h4-5,8H,3,6,11H2,1-2H3/t8-/m0/s1. The van der Waals surface area contributed by atoms with E-state index in [1.165, 1.54) is 0 Å². The number of esters is 1. The van der Waals surface area contributed by atoms with Crippen molar-refractivity contribution in [1.29, 1.82) is 0 Å². The van der Waals surface area contributed by atoms with Crippen LogP contribution in [0.15, 0.2) is 11.4 Å². The van der Waals surface area contributed by atoms with Crippen LogP contribution in [0.1, 0.15) is 29.8 Å². The zero-order valence-corrected chi connectivity index (χ0v) is 9.26. The predicted molar refractivity (Wildman–Crippen MR) is 57.2 cm³/mol. The normalized spacial score (nSPS) is 12.5. The lowest BCUT2D eigenvalue weighted by molar-refractivity contribution is -0.143. The average molecular weight is 213 g/mol. The van der Waals surface area contributed by atoms with Gasteiger partial charge in [-0.05, 0) is 30.9 Å². The van der Waals surface area contributed by atoms with Crippen LogP contribution in [0.2, 0.25) is 0 Å². The number of ether oxygens (including phenoxy) is 1. The van der Waals surface area contributed by atoms with Gasteiger partial charge in [0.15, 0.2) is 0 Å². The highest BCUT2D eigenvalue weighted by molar-refractivity contribution is 7.10. The first-order valence-electron chi connectivity index (χ1n) is 4.60. The maximum absolute atomic E-state index is 11.2. The summed E-state index contributed by atoms with van der Waals surface area (Å²) in [5.41, 5.74) is 7.03. The molecule has 1 heterocycles. The Bertz CT molecular complexity index is 309. The number of hydrogen-bond donors (Lipinski definition) is 1. The van der Waals surface area contributed by atoms with E-state index >= 15 is 0 Å². The molecule has 0 aliphatic rings. The summed E-state index contributed by atoms with van der Waals surface area (Å²) in [7, 11) is 0. The van der Waals surface area contributed by atoms with Crippen molar-refractivity contribution in [3.63, 3.8) is 0 Å². The van der Waals surface area contributed by atoms with Crippen molar-refractivity contribution in [2.45, 2.75) is 26.3 Å². The van der Waals surface area contributed by atoms with Gasteiger partial charge in [0.05, 0.1) is 13.0 Å². The second-order valence-electron chi connectivity index (χ2n) is 3.08. The highest BCUT2D eigenvalue weighted by Gasteiger charge is 2.15. The highest BCUT2D eigenvalue weighted by atomic mass is 32.1. The molecule has 0 saturated carbocycles. The van der Waals surface area contributed by atoms with E-state index in [2.05, 4.69) is 0 Å². The van der Waals surface area contributed by atoms with Crippen LogP contribution in [0.3, 0.4) is 0 Å². The third-order valence-electron chi connectivity index (χ3n) is 1.93. The molecule has 1 atom stereocenters. The minimum atomic E-state index is -0.229. The van der Waals surface area contributed by atoms with Crippen LogP contribution >= 0.6 is 11.3 Å². The van der Waals surface area contributed by atoms with Gasteiger partial charge >= 0.3 is 5.97 Å². The van der Waals surface area contributed by atoms with Gasteiger partial charge in [-0.25, -0.2) is 0 Å². The smallest absolute Gasteiger partial charge is 0.307 e. The Balaban J connectivity index is 2.54. The minimum Gasteiger partial charge on any atom is -0.466 e. The first-order valence-corrected chi connectivity index (χ1v) is 5.48. The van der Waals surface area contributed by atoms with Crippen LogP contribution in [0.25, 0.3) is 0 Å². The Morgan fingerprint density at radius 2 is 2.43 bits per heavy atom. The second-order valence-corrected chi connectivity index (χ2v) is 4.03. The van der Waals surface area contributed by atoms with Crippen LogP contribution in [-0.4, -0.2) is 12.6 Å². The molecule has 0 radical (unpaired) electrons. The molecule has 1 rings (SSSR count). The van der Waals surface area contributed by atoms with Crippen LogP contribution in [0.5, 0.6) is 0 Å². The van der Waals surface area contributed by atoms with Gasteiger partial charge in [-0.2, -0.15) is 0 Å². The largest absolute Gasteiger partial charge is 0.466 e. The van der Waals surface area contributed by atoms with Crippen molar-refractivity contribution >= 4 is 17.3 Å². The van der Waals surface area contributed by atoms with Crippen molar-refractivity contribution in [3.8, 4) is 0 Å².